The number of hydrogen-bond donors (Lipinski definition) is 2. The normalized spacial score (nSPS) is 18.1. The summed E-state index contributed by atoms with van der Waals surface area (Å²) in [6, 6.07) is 5.74. The molecule has 2 amide bonds. The number of carbonyl (C=O) groups is 1. The molecule has 1 atom stereocenters. The van der Waals surface area contributed by atoms with Gasteiger partial charge < -0.3 is 20.1 Å². The molecule has 1 aromatic rings. The number of methoxy groups -OCH3 is 1. The van der Waals surface area contributed by atoms with E-state index in [1.54, 1.807) is 12.0 Å². The fourth-order valence-corrected chi connectivity index (χ4v) is 2.56. The molecule has 1 aliphatic rings. The zero-order chi connectivity index (χ0) is 14.5. The Balaban J connectivity index is 1.96. The quantitative estimate of drug-likeness (QED) is 0.880. The Hall–Kier alpha value is -1.75. The molecule has 0 saturated carbocycles. The first-order valence-electron chi connectivity index (χ1n) is 6.94. The predicted octanol–water partition coefficient (Wildman–Crippen LogP) is 1.67. The Labute approximate surface area is 119 Å². The van der Waals surface area contributed by atoms with Crippen LogP contribution in [0.2, 0.25) is 0 Å². The molecule has 20 heavy (non-hydrogen) atoms. The number of aliphatic hydroxyl groups is 1. The highest BCUT2D eigenvalue weighted by Gasteiger charge is 2.27. The topological polar surface area (TPSA) is 61.8 Å². The van der Waals surface area contributed by atoms with Gasteiger partial charge in [-0.15, -0.1) is 0 Å². The van der Waals surface area contributed by atoms with Crippen LogP contribution in [0.3, 0.4) is 0 Å². The molecule has 0 unspecified atom stereocenters. The molecule has 2 rings (SSSR count). The minimum atomic E-state index is -0.121. The van der Waals surface area contributed by atoms with Crippen LogP contribution in [0.15, 0.2) is 18.2 Å². The van der Waals surface area contributed by atoms with Crippen LogP contribution in [0.5, 0.6) is 5.75 Å². The Morgan fingerprint density at radius 1 is 1.55 bits per heavy atom. The van der Waals surface area contributed by atoms with E-state index in [1.807, 2.05) is 25.1 Å². The lowest BCUT2D eigenvalue weighted by molar-refractivity contribution is 0.157. The van der Waals surface area contributed by atoms with Gasteiger partial charge in [0.25, 0.3) is 0 Å². The molecule has 0 spiro atoms. The highest BCUT2D eigenvalue weighted by molar-refractivity contribution is 5.75. The molecule has 0 aromatic heterocycles. The molecule has 0 radical (unpaired) electrons. The van der Waals surface area contributed by atoms with E-state index in [4.69, 9.17) is 4.74 Å². The van der Waals surface area contributed by atoms with Crippen molar-refractivity contribution in [3.05, 3.63) is 29.3 Å². The lowest BCUT2D eigenvalue weighted by Gasteiger charge is -2.23. The summed E-state index contributed by atoms with van der Waals surface area (Å²) in [5, 5.41) is 12.1. The molecule has 5 nitrogen and oxygen atoms in total. The van der Waals surface area contributed by atoms with Crippen molar-refractivity contribution in [2.75, 3.05) is 20.3 Å². The van der Waals surface area contributed by atoms with Crippen LogP contribution in [0, 0.1) is 6.92 Å². The fourth-order valence-electron chi connectivity index (χ4n) is 2.56. The first-order valence-corrected chi connectivity index (χ1v) is 6.94. The van der Waals surface area contributed by atoms with Crippen molar-refractivity contribution in [2.45, 2.75) is 32.4 Å². The third-order valence-corrected chi connectivity index (χ3v) is 3.72. The standard InChI is InChI=1S/C15H22N2O3/c1-11-5-6-12(14(8-11)20-2)9-16-15(19)17-7-3-4-13(17)10-18/h5-6,8,13,18H,3-4,7,9-10H2,1-2H3,(H,16,19)/t13-/m1/s1. The van der Waals surface area contributed by atoms with Gasteiger partial charge in [0.2, 0.25) is 0 Å². The lowest BCUT2D eigenvalue weighted by Crippen LogP contribution is -2.43. The van der Waals surface area contributed by atoms with Crippen LogP contribution in [0.25, 0.3) is 0 Å². The highest BCUT2D eigenvalue weighted by Crippen LogP contribution is 2.20. The molecular formula is C15H22N2O3. The lowest BCUT2D eigenvalue weighted by atomic mass is 10.1. The summed E-state index contributed by atoms with van der Waals surface area (Å²) < 4.78 is 5.32. The van der Waals surface area contributed by atoms with Crippen LogP contribution < -0.4 is 10.1 Å². The second-order valence-corrected chi connectivity index (χ2v) is 5.15. The third kappa shape index (κ3) is 3.22. The molecular weight excluding hydrogens is 256 g/mol. The molecule has 1 aromatic carbocycles. The summed E-state index contributed by atoms with van der Waals surface area (Å²) >= 11 is 0. The second-order valence-electron chi connectivity index (χ2n) is 5.15. The van der Waals surface area contributed by atoms with Gasteiger partial charge in [-0.1, -0.05) is 12.1 Å². The van der Waals surface area contributed by atoms with E-state index in [0.29, 0.717) is 13.1 Å². The Kier molecular flexibility index (Phi) is 4.84. The maximum absolute atomic E-state index is 12.1. The van der Waals surface area contributed by atoms with Crippen molar-refractivity contribution in [1.29, 1.82) is 0 Å². The Morgan fingerprint density at radius 3 is 3.05 bits per heavy atom. The molecule has 5 heteroatoms. The van der Waals surface area contributed by atoms with E-state index in [1.165, 1.54) is 0 Å². The van der Waals surface area contributed by atoms with Crippen LogP contribution in [0.1, 0.15) is 24.0 Å². The number of nitrogens with one attached hydrogen (secondary N) is 1. The van der Waals surface area contributed by atoms with E-state index in [2.05, 4.69) is 5.32 Å². The van der Waals surface area contributed by atoms with Crippen molar-refractivity contribution >= 4 is 6.03 Å². The summed E-state index contributed by atoms with van der Waals surface area (Å²) in [7, 11) is 1.63. The van der Waals surface area contributed by atoms with E-state index in [0.717, 1.165) is 29.7 Å². The van der Waals surface area contributed by atoms with Gasteiger partial charge in [-0.05, 0) is 31.4 Å². The monoisotopic (exact) mass is 278 g/mol. The first-order chi connectivity index (χ1) is 9.65. The fraction of sp³-hybridized carbons (Fsp3) is 0.533. The van der Waals surface area contributed by atoms with Crippen molar-refractivity contribution in [3.63, 3.8) is 0 Å². The summed E-state index contributed by atoms with van der Waals surface area (Å²) in [5.41, 5.74) is 2.07. The summed E-state index contributed by atoms with van der Waals surface area (Å²) in [6.07, 6.45) is 1.82. The zero-order valence-corrected chi connectivity index (χ0v) is 12.1. The van der Waals surface area contributed by atoms with Crippen molar-refractivity contribution in [1.82, 2.24) is 10.2 Å². The minimum Gasteiger partial charge on any atom is -0.496 e. The van der Waals surface area contributed by atoms with E-state index < -0.39 is 0 Å². The van der Waals surface area contributed by atoms with Crippen molar-refractivity contribution < 1.29 is 14.6 Å². The maximum atomic E-state index is 12.1. The zero-order valence-electron chi connectivity index (χ0n) is 12.1. The number of rotatable bonds is 4. The van der Waals surface area contributed by atoms with Gasteiger partial charge >= 0.3 is 6.03 Å². The van der Waals surface area contributed by atoms with Gasteiger partial charge in [-0.25, -0.2) is 4.79 Å². The van der Waals surface area contributed by atoms with Crippen molar-refractivity contribution in [3.8, 4) is 5.75 Å². The maximum Gasteiger partial charge on any atom is 0.317 e. The number of likely N-dealkylation sites (tertiary alicyclic amines) is 1. The number of aryl methyl sites for hydroxylation is 1. The molecule has 1 fully saturated rings. The van der Waals surface area contributed by atoms with Crippen LogP contribution in [0.4, 0.5) is 4.79 Å². The first kappa shape index (κ1) is 14.7. The largest absolute Gasteiger partial charge is 0.496 e. The molecule has 110 valence electrons. The van der Waals surface area contributed by atoms with Gasteiger partial charge in [-0.2, -0.15) is 0 Å². The number of ether oxygens (including phenoxy) is 1. The minimum absolute atomic E-state index is 0.0290. The van der Waals surface area contributed by atoms with Gasteiger partial charge in [0, 0.05) is 18.7 Å². The van der Waals surface area contributed by atoms with E-state index >= 15 is 0 Å². The number of benzene rings is 1. The molecule has 1 heterocycles. The predicted molar refractivity (Wildman–Crippen MR) is 76.8 cm³/mol. The highest BCUT2D eigenvalue weighted by atomic mass is 16.5. The average Bonchev–Trinajstić information content (AvgIpc) is 2.94. The van der Waals surface area contributed by atoms with Gasteiger partial charge in [0.15, 0.2) is 0 Å². The molecule has 1 aliphatic heterocycles. The Morgan fingerprint density at radius 2 is 2.35 bits per heavy atom. The molecule has 2 N–H and O–H groups in total. The van der Waals surface area contributed by atoms with Crippen LogP contribution in [-0.4, -0.2) is 42.3 Å². The number of amides is 2. The third-order valence-electron chi connectivity index (χ3n) is 3.72. The average molecular weight is 278 g/mol. The SMILES string of the molecule is COc1cc(C)ccc1CNC(=O)N1CCC[C@@H]1CO. The molecule has 1 saturated heterocycles. The number of urea groups is 1. The van der Waals surface area contributed by atoms with Crippen LogP contribution >= 0.6 is 0 Å². The Bertz CT molecular complexity index is 476. The van der Waals surface area contributed by atoms with Gasteiger partial charge in [0.1, 0.15) is 5.75 Å². The van der Waals surface area contributed by atoms with E-state index in [-0.39, 0.29) is 18.7 Å². The second kappa shape index (κ2) is 6.61. The number of aliphatic hydroxyl groups excluding tert-OH is 1. The summed E-state index contributed by atoms with van der Waals surface area (Å²) in [5.74, 6) is 0.783. The number of nitrogens with zero attached hydrogens (tertiary/aromatic N) is 1. The van der Waals surface area contributed by atoms with Crippen molar-refractivity contribution in [2.24, 2.45) is 0 Å². The molecule has 0 aliphatic carbocycles. The van der Waals surface area contributed by atoms with Gasteiger partial charge in [-0.3, -0.25) is 0 Å². The summed E-state index contributed by atoms with van der Waals surface area (Å²) in [4.78, 5) is 13.8. The number of hydrogen-bond acceptors (Lipinski definition) is 3. The summed E-state index contributed by atoms with van der Waals surface area (Å²) in [6.45, 7) is 3.17. The molecule has 0 bridgehead atoms. The number of carbonyl (C=O) groups excluding carboxylic acids is 1. The van der Waals surface area contributed by atoms with Gasteiger partial charge in [0.05, 0.1) is 19.8 Å². The smallest absolute Gasteiger partial charge is 0.317 e. The van der Waals surface area contributed by atoms with E-state index in [9.17, 15) is 9.90 Å². The van der Waals surface area contributed by atoms with Crippen LogP contribution in [-0.2, 0) is 6.54 Å².